The van der Waals surface area contributed by atoms with Gasteiger partial charge in [0.05, 0.1) is 6.54 Å². The number of rotatable bonds is 6. The van der Waals surface area contributed by atoms with E-state index >= 15 is 0 Å². The van der Waals surface area contributed by atoms with Gasteiger partial charge >= 0.3 is 0 Å². The number of furan rings is 1. The Labute approximate surface area is 157 Å². The number of aromatic nitrogens is 5. The number of H-pyrrole nitrogens is 1. The highest BCUT2D eigenvalue weighted by molar-refractivity contribution is 7.98. The number of thioether (sulfide) groups is 1. The van der Waals surface area contributed by atoms with E-state index in [9.17, 15) is 0 Å². The van der Waals surface area contributed by atoms with E-state index in [1.807, 2.05) is 18.4 Å². The third-order valence-electron chi connectivity index (χ3n) is 5.09. The van der Waals surface area contributed by atoms with E-state index in [2.05, 4.69) is 43.0 Å². The largest absolute Gasteiger partial charge is 0.458 e. The van der Waals surface area contributed by atoms with Gasteiger partial charge in [0, 0.05) is 19.7 Å². The van der Waals surface area contributed by atoms with Crippen molar-refractivity contribution in [2.75, 3.05) is 19.3 Å². The topological polar surface area (TPSA) is 75.8 Å². The van der Waals surface area contributed by atoms with Crippen molar-refractivity contribution in [1.29, 1.82) is 0 Å². The Kier molecular flexibility index (Phi) is 5.12. The lowest BCUT2D eigenvalue weighted by atomic mass is 9.93. The molecule has 0 aromatic carbocycles. The van der Waals surface area contributed by atoms with E-state index in [0.29, 0.717) is 5.92 Å². The van der Waals surface area contributed by atoms with Crippen LogP contribution in [0.4, 0.5) is 0 Å². The molecule has 0 amide bonds. The van der Waals surface area contributed by atoms with Gasteiger partial charge in [-0.25, -0.2) is 0 Å². The van der Waals surface area contributed by atoms with Gasteiger partial charge in [0.2, 0.25) is 0 Å². The molecule has 0 bridgehead atoms. The highest BCUT2D eigenvalue weighted by atomic mass is 32.2. The minimum absolute atomic E-state index is 0.681. The predicted molar refractivity (Wildman–Crippen MR) is 101 cm³/mol. The van der Waals surface area contributed by atoms with Crippen molar-refractivity contribution in [2.45, 2.75) is 31.0 Å². The first-order chi connectivity index (χ1) is 12.7. The fourth-order valence-electron chi connectivity index (χ4n) is 3.53. The SMILES string of the molecule is CSc1nnc(CC2CCN(Cc3ccc(-c4ccn[nH]4)o3)CC2)n1C. The zero-order valence-electron chi connectivity index (χ0n) is 15.2. The van der Waals surface area contributed by atoms with Gasteiger partial charge in [-0.15, -0.1) is 10.2 Å². The molecule has 1 fully saturated rings. The third-order valence-corrected chi connectivity index (χ3v) is 5.81. The smallest absolute Gasteiger partial charge is 0.190 e. The quantitative estimate of drug-likeness (QED) is 0.671. The van der Waals surface area contributed by atoms with Crippen molar-refractivity contribution >= 4 is 11.8 Å². The van der Waals surface area contributed by atoms with Gasteiger partial charge in [-0.05, 0) is 56.3 Å². The van der Waals surface area contributed by atoms with Crippen LogP contribution in [0.1, 0.15) is 24.4 Å². The predicted octanol–water partition coefficient (Wildman–Crippen LogP) is 2.97. The van der Waals surface area contributed by atoms with Gasteiger partial charge in [-0.2, -0.15) is 5.10 Å². The zero-order valence-corrected chi connectivity index (χ0v) is 16.0. The van der Waals surface area contributed by atoms with Crippen LogP contribution in [0.2, 0.25) is 0 Å². The number of hydrogen-bond donors (Lipinski definition) is 1. The van der Waals surface area contributed by atoms with Crippen LogP contribution in [0.15, 0.2) is 34.0 Å². The summed E-state index contributed by atoms with van der Waals surface area (Å²) in [7, 11) is 2.06. The molecule has 0 atom stereocenters. The maximum Gasteiger partial charge on any atom is 0.190 e. The second-order valence-corrected chi connectivity index (χ2v) is 7.60. The van der Waals surface area contributed by atoms with Gasteiger partial charge in [-0.1, -0.05) is 11.8 Å². The van der Waals surface area contributed by atoms with Gasteiger partial charge in [-0.3, -0.25) is 10.00 Å². The van der Waals surface area contributed by atoms with Gasteiger partial charge in [0.25, 0.3) is 0 Å². The average Bonchev–Trinajstić information content (AvgIpc) is 3.39. The molecule has 1 aliphatic rings. The Hall–Kier alpha value is -2.06. The van der Waals surface area contributed by atoms with Crippen LogP contribution in [-0.2, 0) is 20.0 Å². The monoisotopic (exact) mass is 372 g/mol. The molecule has 0 unspecified atom stereocenters. The fraction of sp³-hybridized carbons (Fsp3) is 0.500. The van der Waals surface area contributed by atoms with E-state index in [1.54, 1.807) is 18.0 Å². The Morgan fingerprint density at radius 3 is 2.77 bits per heavy atom. The van der Waals surface area contributed by atoms with Gasteiger partial charge in [0.1, 0.15) is 17.3 Å². The molecule has 4 rings (SSSR count). The van der Waals surface area contributed by atoms with E-state index < -0.39 is 0 Å². The molecule has 1 N–H and O–H groups in total. The maximum atomic E-state index is 5.95. The molecule has 0 spiro atoms. The minimum Gasteiger partial charge on any atom is -0.458 e. The number of nitrogens with one attached hydrogen (secondary N) is 1. The molecular weight excluding hydrogens is 348 g/mol. The van der Waals surface area contributed by atoms with Crippen LogP contribution in [0.5, 0.6) is 0 Å². The van der Waals surface area contributed by atoms with Crippen LogP contribution < -0.4 is 0 Å². The van der Waals surface area contributed by atoms with Crippen molar-refractivity contribution in [3.63, 3.8) is 0 Å². The van der Waals surface area contributed by atoms with Gasteiger partial charge in [0.15, 0.2) is 10.9 Å². The lowest BCUT2D eigenvalue weighted by Gasteiger charge is -2.31. The second kappa shape index (κ2) is 7.67. The van der Waals surface area contributed by atoms with Crippen LogP contribution in [-0.4, -0.2) is 49.2 Å². The number of piperidine rings is 1. The molecule has 1 aliphatic heterocycles. The summed E-state index contributed by atoms with van der Waals surface area (Å²) < 4.78 is 8.07. The maximum absolute atomic E-state index is 5.95. The number of likely N-dealkylation sites (tertiary alicyclic amines) is 1. The molecular formula is C18H24N6OS. The van der Waals surface area contributed by atoms with E-state index in [4.69, 9.17) is 4.42 Å². The van der Waals surface area contributed by atoms with Crippen molar-refractivity contribution in [3.8, 4) is 11.5 Å². The lowest BCUT2D eigenvalue weighted by Crippen LogP contribution is -2.34. The molecule has 8 heteroatoms. The fourth-order valence-corrected chi connectivity index (χ4v) is 4.03. The van der Waals surface area contributed by atoms with Crippen LogP contribution in [0.25, 0.3) is 11.5 Å². The van der Waals surface area contributed by atoms with Gasteiger partial charge < -0.3 is 8.98 Å². The second-order valence-electron chi connectivity index (χ2n) is 6.82. The summed E-state index contributed by atoms with van der Waals surface area (Å²) in [6.07, 6.45) is 7.17. The Balaban J connectivity index is 1.29. The normalized spacial score (nSPS) is 16.4. The summed E-state index contributed by atoms with van der Waals surface area (Å²) in [6.45, 7) is 3.05. The summed E-state index contributed by atoms with van der Waals surface area (Å²) in [5.74, 6) is 3.63. The molecule has 3 aromatic heterocycles. The molecule has 4 heterocycles. The Morgan fingerprint density at radius 1 is 1.23 bits per heavy atom. The highest BCUT2D eigenvalue weighted by Crippen LogP contribution is 2.25. The molecule has 0 saturated carbocycles. The summed E-state index contributed by atoms with van der Waals surface area (Å²) in [5, 5.41) is 16.5. The van der Waals surface area contributed by atoms with Crippen LogP contribution >= 0.6 is 11.8 Å². The number of hydrogen-bond acceptors (Lipinski definition) is 6. The number of aromatic amines is 1. The first-order valence-electron chi connectivity index (χ1n) is 8.96. The van der Waals surface area contributed by atoms with Crippen molar-refractivity contribution in [2.24, 2.45) is 13.0 Å². The summed E-state index contributed by atoms with van der Waals surface area (Å²) in [5.41, 5.74) is 0.920. The lowest BCUT2D eigenvalue weighted by molar-refractivity contribution is 0.165. The van der Waals surface area contributed by atoms with E-state index in [1.165, 1.54) is 12.8 Å². The standard InChI is InChI=1S/C18H24N6OS/c1-23-17(21-22-18(23)26-2)11-13-6-9-24(10-7-13)12-14-3-4-16(25-14)15-5-8-19-20-15/h3-5,8,13H,6-7,9-12H2,1-2H3,(H,19,20). The van der Waals surface area contributed by atoms with Crippen molar-refractivity contribution in [3.05, 3.63) is 36.0 Å². The van der Waals surface area contributed by atoms with Crippen molar-refractivity contribution < 1.29 is 4.42 Å². The molecule has 7 nitrogen and oxygen atoms in total. The Morgan fingerprint density at radius 2 is 2.08 bits per heavy atom. The Bertz CT molecular complexity index is 832. The summed E-state index contributed by atoms with van der Waals surface area (Å²) in [6, 6.07) is 5.99. The minimum atomic E-state index is 0.681. The molecule has 138 valence electrons. The first kappa shape index (κ1) is 17.4. The molecule has 0 radical (unpaired) electrons. The average molecular weight is 372 g/mol. The molecule has 1 saturated heterocycles. The summed E-state index contributed by atoms with van der Waals surface area (Å²) in [4.78, 5) is 2.47. The molecule has 0 aliphatic carbocycles. The molecule has 26 heavy (non-hydrogen) atoms. The summed E-state index contributed by atoms with van der Waals surface area (Å²) >= 11 is 1.65. The van der Waals surface area contributed by atoms with E-state index in [-0.39, 0.29) is 0 Å². The molecule has 3 aromatic rings. The zero-order chi connectivity index (χ0) is 17.9. The highest BCUT2D eigenvalue weighted by Gasteiger charge is 2.22. The number of nitrogens with zero attached hydrogens (tertiary/aromatic N) is 5. The van der Waals surface area contributed by atoms with Crippen LogP contribution in [0, 0.1) is 5.92 Å². The third kappa shape index (κ3) is 3.71. The van der Waals surface area contributed by atoms with Crippen LogP contribution in [0.3, 0.4) is 0 Å². The first-order valence-corrected chi connectivity index (χ1v) is 10.2. The van der Waals surface area contributed by atoms with Crippen molar-refractivity contribution in [1.82, 2.24) is 29.9 Å². The van der Waals surface area contributed by atoms with E-state index in [0.717, 1.165) is 54.3 Å².